The van der Waals surface area contributed by atoms with Gasteiger partial charge in [0.2, 0.25) is 0 Å². The van der Waals surface area contributed by atoms with Gasteiger partial charge in [0.05, 0.1) is 39.1 Å². The Bertz CT molecular complexity index is 112. The van der Waals surface area contributed by atoms with Crippen LogP contribution in [0.2, 0.25) is 0 Å². The normalized spacial score (nSPS) is 22.4. The number of rotatable bonds is 7. The van der Waals surface area contributed by atoms with Gasteiger partial charge in [-0.25, -0.2) is 0 Å². The second-order valence-corrected chi connectivity index (χ2v) is 3.05. The van der Waals surface area contributed by atoms with Crippen molar-refractivity contribution in [3.05, 3.63) is 0 Å². The van der Waals surface area contributed by atoms with Gasteiger partial charge >= 0.3 is 0 Å². The van der Waals surface area contributed by atoms with Crippen molar-refractivity contribution in [3.8, 4) is 0 Å². The largest absolute Gasteiger partial charge is 0.394 e. The molecule has 0 saturated carbocycles. The predicted molar refractivity (Wildman–Crippen MR) is 47.7 cm³/mol. The zero-order chi connectivity index (χ0) is 9.36. The summed E-state index contributed by atoms with van der Waals surface area (Å²) in [5.41, 5.74) is 0. The Morgan fingerprint density at radius 2 is 2.08 bits per heavy atom. The third-order valence-corrected chi connectivity index (χ3v) is 1.94. The van der Waals surface area contributed by atoms with Crippen molar-refractivity contribution in [3.63, 3.8) is 0 Å². The van der Waals surface area contributed by atoms with Crippen LogP contribution in [0.5, 0.6) is 0 Å². The van der Waals surface area contributed by atoms with E-state index in [2.05, 4.69) is 0 Å². The van der Waals surface area contributed by atoms with Crippen LogP contribution in [0.25, 0.3) is 0 Å². The third-order valence-electron chi connectivity index (χ3n) is 1.94. The maximum atomic E-state index is 8.41. The Hall–Kier alpha value is -0.160. The zero-order valence-electron chi connectivity index (χ0n) is 7.91. The van der Waals surface area contributed by atoms with Gasteiger partial charge in [0.1, 0.15) is 0 Å². The summed E-state index contributed by atoms with van der Waals surface area (Å²) in [7, 11) is 0. The molecule has 0 aromatic carbocycles. The van der Waals surface area contributed by atoms with Crippen LogP contribution >= 0.6 is 0 Å². The summed E-state index contributed by atoms with van der Waals surface area (Å²) in [6.07, 6.45) is 2.55. The molecule has 0 aromatic rings. The summed E-state index contributed by atoms with van der Waals surface area (Å²) in [5.74, 6) is 0. The Balaban J connectivity index is 1.78. The van der Waals surface area contributed by atoms with Gasteiger partial charge in [-0.05, 0) is 12.8 Å². The smallest absolute Gasteiger partial charge is 0.0809 e. The highest BCUT2D eigenvalue weighted by atomic mass is 16.6. The van der Waals surface area contributed by atoms with Gasteiger partial charge in [0.15, 0.2) is 0 Å². The second-order valence-electron chi connectivity index (χ2n) is 3.05. The van der Waals surface area contributed by atoms with Crippen molar-refractivity contribution < 1.29 is 19.3 Å². The molecule has 4 nitrogen and oxygen atoms in total. The molecule has 1 heterocycles. The van der Waals surface area contributed by atoms with Crippen molar-refractivity contribution in [2.75, 3.05) is 39.6 Å². The van der Waals surface area contributed by atoms with E-state index in [0.717, 1.165) is 19.4 Å². The van der Waals surface area contributed by atoms with Gasteiger partial charge in [-0.15, -0.1) is 0 Å². The van der Waals surface area contributed by atoms with Crippen molar-refractivity contribution in [1.82, 2.24) is 0 Å². The van der Waals surface area contributed by atoms with Gasteiger partial charge in [-0.3, -0.25) is 0 Å². The molecule has 1 unspecified atom stereocenters. The number of aliphatic hydroxyl groups excluding tert-OH is 1. The van der Waals surface area contributed by atoms with Gasteiger partial charge in [-0.1, -0.05) is 0 Å². The average Bonchev–Trinajstić information content (AvgIpc) is 2.63. The highest BCUT2D eigenvalue weighted by molar-refractivity contribution is 4.63. The molecule has 13 heavy (non-hydrogen) atoms. The number of hydrogen-bond acceptors (Lipinski definition) is 4. The quantitative estimate of drug-likeness (QED) is 0.582. The molecule has 1 atom stereocenters. The van der Waals surface area contributed by atoms with Gasteiger partial charge in [-0.2, -0.15) is 0 Å². The van der Waals surface area contributed by atoms with E-state index in [1.165, 1.54) is 0 Å². The Morgan fingerprint density at radius 1 is 1.23 bits per heavy atom. The summed E-state index contributed by atoms with van der Waals surface area (Å²) in [5, 5.41) is 8.41. The van der Waals surface area contributed by atoms with E-state index in [-0.39, 0.29) is 12.7 Å². The molecule has 0 amide bonds. The minimum absolute atomic E-state index is 0.0751. The summed E-state index contributed by atoms with van der Waals surface area (Å²) in [6.45, 7) is 3.14. The molecule has 0 bridgehead atoms. The molecule has 1 rings (SSSR count). The molecular formula is C9H18O4. The Kier molecular flexibility index (Phi) is 6.10. The summed E-state index contributed by atoms with van der Waals surface area (Å²) in [4.78, 5) is 0. The van der Waals surface area contributed by atoms with Crippen molar-refractivity contribution >= 4 is 0 Å². The van der Waals surface area contributed by atoms with E-state index in [1.54, 1.807) is 0 Å². The van der Waals surface area contributed by atoms with E-state index in [9.17, 15) is 0 Å². The van der Waals surface area contributed by atoms with Crippen LogP contribution in [0, 0.1) is 0 Å². The van der Waals surface area contributed by atoms with Gasteiger partial charge in [0, 0.05) is 6.61 Å². The van der Waals surface area contributed by atoms with Crippen molar-refractivity contribution in [2.24, 2.45) is 0 Å². The molecule has 1 fully saturated rings. The van der Waals surface area contributed by atoms with Crippen LogP contribution in [0.1, 0.15) is 12.8 Å². The highest BCUT2D eigenvalue weighted by Gasteiger charge is 2.14. The van der Waals surface area contributed by atoms with E-state index in [1.807, 2.05) is 0 Å². The fourth-order valence-electron chi connectivity index (χ4n) is 1.28. The molecule has 0 spiro atoms. The minimum Gasteiger partial charge on any atom is -0.394 e. The lowest BCUT2D eigenvalue weighted by atomic mass is 10.2. The average molecular weight is 190 g/mol. The molecule has 78 valence electrons. The highest BCUT2D eigenvalue weighted by Crippen LogP contribution is 2.11. The van der Waals surface area contributed by atoms with Crippen LogP contribution in [-0.2, 0) is 14.2 Å². The van der Waals surface area contributed by atoms with Crippen LogP contribution in [0.4, 0.5) is 0 Å². The first-order chi connectivity index (χ1) is 6.43. The zero-order valence-corrected chi connectivity index (χ0v) is 7.91. The lowest BCUT2D eigenvalue weighted by Gasteiger charge is -2.09. The minimum atomic E-state index is 0.0751. The molecule has 0 aliphatic carbocycles. The first kappa shape index (κ1) is 10.9. The maximum absolute atomic E-state index is 8.41. The van der Waals surface area contributed by atoms with Crippen molar-refractivity contribution in [2.45, 2.75) is 18.9 Å². The van der Waals surface area contributed by atoms with Crippen molar-refractivity contribution in [1.29, 1.82) is 0 Å². The van der Waals surface area contributed by atoms with Gasteiger partial charge in [0.25, 0.3) is 0 Å². The van der Waals surface area contributed by atoms with E-state index in [0.29, 0.717) is 26.4 Å². The van der Waals surface area contributed by atoms with Crippen LogP contribution < -0.4 is 0 Å². The Labute approximate surface area is 78.8 Å². The topological polar surface area (TPSA) is 47.9 Å². The van der Waals surface area contributed by atoms with E-state index >= 15 is 0 Å². The summed E-state index contributed by atoms with van der Waals surface area (Å²) >= 11 is 0. The Morgan fingerprint density at radius 3 is 2.77 bits per heavy atom. The summed E-state index contributed by atoms with van der Waals surface area (Å²) in [6, 6.07) is 0. The second kappa shape index (κ2) is 7.26. The first-order valence-corrected chi connectivity index (χ1v) is 4.81. The lowest BCUT2D eigenvalue weighted by molar-refractivity contribution is -0.0112. The maximum Gasteiger partial charge on any atom is 0.0809 e. The standard InChI is InChI=1S/C9H18O4/c10-3-5-11-6-7-12-8-9-2-1-4-13-9/h9-10H,1-8H2. The molecular weight excluding hydrogens is 172 g/mol. The monoisotopic (exact) mass is 190 g/mol. The molecule has 1 saturated heterocycles. The van der Waals surface area contributed by atoms with E-state index in [4.69, 9.17) is 19.3 Å². The fraction of sp³-hybridized carbons (Fsp3) is 1.00. The number of aliphatic hydroxyl groups is 1. The van der Waals surface area contributed by atoms with E-state index < -0.39 is 0 Å². The fourth-order valence-corrected chi connectivity index (χ4v) is 1.28. The summed E-state index contributed by atoms with van der Waals surface area (Å²) < 4.78 is 15.7. The first-order valence-electron chi connectivity index (χ1n) is 4.81. The molecule has 1 N–H and O–H groups in total. The molecule has 0 aromatic heterocycles. The van der Waals surface area contributed by atoms with Crippen LogP contribution in [0.15, 0.2) is 0 Å². The third kappa shape index (κ3) is 5.21. The number of hydrogen-bond donors (Lipinski definition) is 1. The predicted octanol–water partition coefficient (Wildman–Crippen LogP) is 0.191. The van der Waals surface area contributed by atoms with Gasteiger partial charge < -0.3 is 19.3 Å². The lowest BCUT2D eigenvalue weighted by Crippen LogP contribution is -2.16. The number of ether oxygens (including phenoxy) is 3. The molecule has 0 radical (unpaired) electrons. The molecule has 1 aliphatic heterocycles. The molecule has 1 aliphatic rings. The van der Waals surface area contributed by atoms with Crippen LogP contribution in [-0.4, -0.2) is 50.9 Å². The van der Waals surface area contributed by atoms with Crippen LogP contribution in [0.3, 0.4) is 0 Å². The molecule has 4 heteroatoms. The SMILES string of the molecule is OCCOCCOCC1CCCO1.